The number of aryl methyl sites for hydroxylation is 1. The lowest BCUT2D eigenvalue weighted by Crippen LogP contribution is -2.25. The molecule has 0 atom stereocenters. The van der Waals surface area contributed by atoms with Crippen molar-refractivity contribution in [3.8, 4) is 0 Å². The van der Waals surface area contributed by atoms with Gasteiger partial charge >= 0.3 is 0 Å². The van der Waals surface area contributed by atoms with Crippen molar-refractivity contribution in [1.82, 2.24) is 19.7 Å². The van der Waals surface area contributed by atoms with E-state index in [0.717, 1.165) is 30.3 Å². The van der Waals surface area contributed by atoms with E-state index in [-0.39, 0.29) is 17.1 Å². The second-order valence-corrected chi connectivity index (χ2v) is 8.66. The molecule has 2 heterocycles. The van der Waals surface area contributed by atoms with Gasteiger partial charge in [-0.2, -0.15) is 0 Å². The largest absolute Gasteiger partial charge is 0.349 e. The molecule has 1 aromatic carbocycles. The minimum absolute atomic E-state index is 0.0442. The Morgan fingerprint density at radius 2 is 2.04 bits per heavy atom. The minimum atomic E-state index is -3.46. The van der Waals surface area contributed by atoms with Gasteiger partial charge < -0.3 is 10.6 Å². The molecule has 0 aliphatic heterocycles. The summed E-state index contributed by atoms with van der Waals surface area (Å²) >= 11 is 0. The molecule has 2 aromatic heterocycles. The summed E-state index contributed by atoms with van der Waals surface area (Å²) in [6, 6.07) is 5.70. The number of carbonyl (C=O) groups excluding carboxylic acids is 1. The standard InChI is InChI=1S/C18H19N5O3S/c1-11-3-4-12(17(24)21-13-5-6-13)9-14(11)22-16-15-10-20-18(27(2,25)26)23(15)8-7-19-16/h3-4,7-10,13H,5-6H2,1-2H3,(H,19,22)(H,21,24). The molecule has 0 spiro atoms. The number of amides is 1. The van der Waals surface area contributed by atoms with E-state index < -0.39 is 9.84 Å². The van der Waals surface area contributed by atoms with Crippen molar-refractivity contribution in [1.29, 1.82) is 0 Å². The van der Waals surface area contributed by atoms with Gasteiger partial charge in [0.2, 0.25) is 15.0 Å². The molecule has 3 aromatic rings. The molecular formula is C18H19N5O3S. The Hall–Kier alpha value is -2.94. The van der Waals surface area contributed by atoms with Crippen LogP contribution in [0.4, 0.5) is 11.5 Å². The summed E-state index contributed by atoms with van der Waals surface area (Å²) in [7, 11) is -3.46. The minimum Gasteiger partial charge on any atom is -0.349 e. The van der Waals surface area contributed by atoms with Gasteiger partial charge in [0, 0.05) is 35.9 Å². The number of sulfone groups is 1. The van der Waals surface area contributed by atoms with E-state index in [1.54, 1.807) is 18.3 Å². The zero-order chi connectivity index (χ0) is 19.2. The fraction of sp³-hybridized carbons (Fsp3) is 0.278. The van der Waals surface area contributed by atoms with Crippen LogP contribution in [0.5, 0.6) is 0 Å². The average molecular weight is 385 g/mol. The predicted octanol–water partition coefficient (Wildman–Crippen LogP) is 2.08. The third kappa shape index (κ3) is 3.50. The average Bonchev–Trinajstić information content (AvgIpc) is 3.30. The lowest BCUT2D eigenvalue weighted by molar-refractivity contribution is 0.0951. The number of aromatic nitrogens is 3. The predicted molar refractivity (Wildman–Crippen MR) is 101 cm³/mol. The van der Waals surface area contributed by atoms with E-state index in [0.29, 0.717) is 16.9 Å². The van der Waals surface area contributed by atoms with E-state index >= 15 is 0 Å². The van der Waals surface area contributed by atoms with Crippen LogP contribution in [0.2, 0.25) is 0 Å². The van der Waals surface area contributed by atoms with Crippen molar-refractivity contribution in [2.45, 2.75) is 31.0 Å². The van der Waals surface area contributed by atoms with Gasteiger partial charge in [-0.15, -0.1) is 0 Å². The zero-order valence-corrected chi connectivity index (χ0v) is 15.7. The topological polar surface area (TPSA) is 105 Å². The Balaban J connectivity index is 1.70. The highest BCUT2D eigenvalue weighted by Gasteiger charge is 2.24. The fourth-order valence-electron chi connectivity index (χ4n) is 2.80. The summed E-state index contributed by atoms with van der Waals surface area (Å²) in [4.78, 5) is 20.6. The third-order valence-electron chi connectivity index (χ3n) is 4.42. The smallest absolute Gasteiger partial charge is 0.251 e. The Labute approximate surface area is 156 Å². The van der Waals surface area contributed by atoms with Crippen LogP contribution in [-0.4, -0.2) is 41.0 Å². The van der Waals surface area contributed by atoms with Crippen LogP contribution in [0.15, 0.2) is 41.9 Å². The Bertz CT molecular complexity index is 1150. The first-order valence-corrected chi connectivity index (χ1v) is 10.4. The number of hydrogen-bond donors (Lipinski definition) is 2. The van der Waals surface area contributed by atoms with E-state index in [4.69, 9.17) is 0 Å². The number of anilines is 2. The number of fused-ring (bicyclic) bond motifs is 1. The van der Waals surface area contributed by atoms with Crippen molar-refractivity contribution < 1.29 is 13.2 Å². The Kier molecular flexibility index (Phi) is 4.11. The van der Waals surface area contributed by atoms with Gasteiger partial charge in [-0.25, -0.2) is 18.4 Å². The molecule has 140 valence electrons. The first-order valence-electron chi connectivity index (χ1n) is 8.53. The number of rotatable bonds is 5. The maximum absolute atomic E-state index is 12.3. The van der Waals surface area contributed by atoms with Gasteiger partial charge in [-0.05, 0) is 37.5 Å². The molecule has 1 amide bonds. The number of hydrogen-bond acceptors (Lipinski definition) is 6. The number of nitrogens with zero attached hydrogens (tertiary/aromatic N) is 3. The molecule has 2 N–H and O–H groups in total. The Morgan fingerprint density at radius 3 is 2.74 bits per heavy atom. The lowest BCUT2D eigenvalue weighted by atomic mass is 10.1. The van der Waals surface area contributed by atoms with E-state index in [2.05, 4.69) is 20.6 Å². The van der Waals surface area contributed by atoms with Crippen LogP contribution < -0.4 is 10.6 Å². The highest BCUT2D eigenvalue weighted by molar-refractivity contribution is 7.90. The van der Waals surface area contributed by atoms with E-state index in [1.807, 2.05) is 13.0 Å². The third-order valence-corrected chi connectivity index (χ3v) is 5.39. The quantitative estimate of drug-likeness (QED) is 0.697. The molecule has 0 saturated heterocycles. The van der Waals surface area contributed by atoms with E-state index in [9.17, 15) is 13.2 Å². The highest BCUT2D eigenvalue weighted by atomic mass is 32.2. The van der Waals surface area contributed by atoms with Gasteiger partial charge in [-0.3, -0.25) is 9.20 Å². The molecule has 0 unspecified atom stereocenters. The molecule has 0 bridgehead atoms. The molecule has 1 fully saturated rings. The molecule has 0 radical (unpaired) electrons. The van der Waals surface area contributed by atoms with Crippen molar-refractivity contribution in [3.63, 3.8) is 0 Å². The first kappa shape index (κ1) is 17.5. The fourth-order valence-corrected chi connectivity index (χ4v) is 3.56. The summed E-state index contributed by atoms with van der Waals surface area (Å²) in [6.45, 7) is 1.92. The molecule has 4 rings (SSSR count). The zero-order valence-electron chi connectivity index (χ0n) is 14.9. The molecule has 1 saturated carbocycles. The van der Waals surface area contributed by atoms with E-state index in [1.165, 1.54) is 16.8 Å². The normalized spacial score (nSPS) is 14.3. The summed E-state index contributed by atoms with van der Waals surface area (Å²) < 4.78 is 25.2. The van der Waals surface area contributed by atoms with Crippen LogP contribution in [0.25, 0.3) is 5.52 Å². The first-order chi connectivity index (χ1) is 12.8. The summed E-state index contributed by atoms with van der Waals surface area (Å²) in [5, 5.41) is 6.12. The van der Waals surface area contributed by atoms with Crippen molar-refractivity contribution >= 4 is 32.8 Å². The molecule has 27 heavy (non-hydrogen) atoms. The van der Waals surface area contributed by atoms with Gasteiger partial charge in [0.1, 0.15) is 5.52 Å². The van der Waals surface area contributed by atoms with Crippen LogP contribution in [-0.2, 0) is 9.84 Å². The Morgan fingerprint density at radius 1 is 1.26 bits per heavy atom. The van der Waals surface area contributed by atoms with Crippen LogP contribution in [0.1, 0.15) is 28.8 Å². The molecule has 9 heteroatoms. The van der Waals surface area contributed by atoms with Crippen molar-refractivity contribution in [3.05, 3.63) is 47.9 Å². The van der Waals surface area contributed by atoms with Crippen LogP contribution in [0, 0.1) is 6.92 Å². The lowest BCUT2D eigenvalue weighted by Gasteiger charge is -2.12. The van der Waals surface area contributed by atoms with Gasteiger partial charge in [0.25, 0.3) is 5.91 Å². The van der Waals surface area contributed by atoms with Gasteiger partial charge in [0.05, 0.1) is 6.20 Å². The van der Waals surface area contributed by atoms with Crippen molar-refractivity contribution in [2.75, 3.05) is 11.6 Å². The second kappa shape index (κ2) is 6.34. The number of carbonyl (C=O) groups is 1. The maximum Gasteiger partial charge on any atom is 0.251 e. The molecule has 1 aliphatic rings. The molecule has 8 nitrogen and oxygen atoms in total. The van der Waals surface area contributed by atoms with Crippen molar-refractivity contribution in [2.24, 2.45) is 0 Å². The second-order valence-electron chi connectivity index (χ2n) is 6.75. The highest BCUT2D eigenvalue weighted by Crippen LogP contribution is 2.26. The summed E-state index contributed by atoms with van der Waals surface area (Å²) in [5.41, 5.74) is 2.75. The molecular weight excluding hydrogens is 366 g/mol. The monoisotopic (exact) mass is 385 g/mol. The van der Waals surface area contributed by atoms with Gasteiger partial charge in [-0.1, -0.05) is 6.07 Å². The maximum atomic E-state index is 12.3. The van der Waals surface area contributed by atoms with Crippen LogP contribution in [0.3, 0.4) is 0 Å². The molecule has 1 aliphatic carbocycles. The number of imidazole rings is 1. The SMILES string of the molecule is Cc1ccc(C(=O)NC2CC2)cc1Nc1nccn2c(S(C)(=O)=O)ncc12. The summed E-state index contributed by atoms with van der Waals surface area (Å²) in [6.07, 6.45) is 7.68. The van der Waals surface area contributed by atoms with Crippen LogP contribution >= 0.6 is 0 Å². The number of nitrogens with one attached hydrogen (secondary N) is 2. The number of benzene rings is 1. The van der Waals surface area contributed by atoms with Gasteiger partial charge in [0.15, 0.2) is 5.82 Å². The summed E-state index contributed by atoms with van der Waals surface area (Å²) in [5.74, 6) is 0.359.